The van der Waals surface area contributed by atoms with Crippen LogP contribution in [0.1, 0.15) is 12.5 Å². The first-order chi connectivity index (χ1) is 7.53. The molecule has 0 bridgehead atoms. The van der Waals surface area contributed by atoms with E-state index in [9.17, 15) is 8.42 Å². The average Bonchev–Trinajstić information content (AvgIpc) is 2.52. The molecule has 0 aromatic heterocycles. The van der Waals surface area contributed by atoms with Crippen LogP contribution < -0.4 is 4.31 Å². The van der Waals surface area contributed by atoms with Crippen LogP contribution in [0.5, 0.6) is 0 Å². The van der Waals surface area contributed by atoms with Crippen LogP contribution in [-0.2, 0) is 10.0 Å². The summed E-state index contributed by atoms with van der Waals surface area (Å²) in [5.41, 5.74) is 1.18. The van der Waals surface area contributed by atoms with Gasteiger partial charge in [0.15, 0.2) is 0 Å². The van der Waals surface area contributed by atoms with Crippen molar-refractivity contribution in [2.24, 2.45) is 5.92 Å². The molecule has 1 aromatic rings. The fourth-order valence-electron chi connectivity index (χ4n) is 1.87. The lowest BCUT2D eigenvalue weighted by atomic mass is 10.2. The van der Waals surface area contributed by atoms with Gasteiger partial charge >= 0.3 is 0 Å². The Hall–Kier alpha value is -1.54. The molecule has 1 fully saturated rings. The van der Waals surface area contributed by atoms with Crippen LogP contribution in [-0.4, -0.2) is 20.7 Å². The number of nitriles is 1. The van der Waals surface area contributed by atoms with Gasteiger partial charge in [-0.3, -0.25) is 4.31 Å². The SMILES string of the molecule is CC1CN(c2ccc(C#N)cc2)S(=O)(=O)C1. The van der Waals surface area contributed by atoms with Gasteiger partial charge in [-0.05, 0) is 30.2 Å². The van der Waals surface area contributed by atoms with E-state index in [1.54, 1.807) is 24.3 Å². The first-order valence-electron chi connectivity index (χ1n) is 5.03. The quantitative estimate of drug-likeness (QED) is 0.739. The minimum atomic E-state index is -3.16. The van der Waals surface area contributed by atoms with Crippen molar-refractivity contribution in [2.75, 3.05) is 16.6 Å². The van der Waals surface area contributed by atoms with Crippen molar-refractivity contribution < 1.29 is 8.42 Å². The van der Waals surface area contributed by atoms with E-state index in [0.717, 1.165) is 0 Å². The van der Waals surface area contributed by atoms with Gasteiger partial charge in [0.1, 0.15) is 0 Å². The van der Waals surface area contributed by atoms with Gasteiger partial charge in [0, 0.05) is 6.54 Å². The third-order valence-electron chi connectivity index (χ3n) is 2.59. The predicted molar refractivity (Wildman–Crippen MR) is 61.5 cm³/mol. The number of hydrogen-bond donors (Lipinski definition) is 0. The predicted octanol–water partition coefficient (Wildman–Crippen LogP) is 1.34. The van der Waals surface area contributed by atoms with E-state index in [0.29, 0.717) is 17.8 Å². The standard InChI is InChI=1S/C11H12N2O2S/c1-9-7-13(16(14,15)8-9)11-4-2-10(6-12)3-5-11/h2-5,9H,7-8H2,1H3. The maximum atomic E-state index is 11.8. The van der Waals surface area contributed by atoms with Crippen LogP contribution in [0, 0.1) is 17.2 Å². The van der Waals surface area contributed by atoms with Gasteiger partial charge in [-0.1, -0.05) is 6.92 Å². The second kappa shape index (κ2) is 3.80. The normalized spacial score (nSPS) is 23.0. The Balaban J connectivity index is 2.35. The summed E-state index contributed by atoms with van der Waals surface area (Å²) in [7, 11) is -3.16. The van der Waals surface area contributed by atoms with Crippen LogP contribution in [0.2, 0.25) is 0 Å². The summed E-state index contributed by atoms with van der Waals surface area (Å²) in [4.78, 5) is 0. The second-order valence-corrected chi connectivity index (χ2v) is 6.01. The van der Waals surface area contributed by atoms with Crippen molar-refractivity contribution in [1.82, 2.24) is 0 Å². The molecule has 4 nitrogen and oxygen atoms in total. The molecule has 1 heterocycles. The summed E-state index contributed by atoms with van der Waals surface area (Å²) in [6.45, 7) is 2.44. The minimum absolute atomic E-state index is 0.153. The third kappa shape index (κ3) is 1.89. The van der Waals surface area contributed by atoms with E-state index in [1.165, 1.54) is 4.31 Å². The summed E-state index contributed by atoms with van der Waals surface area (Å²) in [6, 6.07) is 8.62. The van der Waals surface area contributed by atoms with E-state index in [1.807, 2.05) is 13.0 Å². The second-order valence-electron chi connectivity index (χ2n) is 4.07. The molecular weight excluding hydrogens is 224 g/mol. The first-order valence-corrected chi connectivity index (χ1v) is 6.64. The molecule has 16 heavy (non-hydrogen) atoms. The molecule has 0 N–H and O–H groups in total. The lowest BCUT2D eigenvalue weighted by Gasteiger charge is -2.16. The fraction of sp³-hybridized carbons (Fsp3) is 0.364. The Morgan fingerprint density at radius 3 is 2.44 bits per heavy atom. The highest BCUT2D eigenvalue weighted by Gasteiger charge is 2.33. The topological polar surface area (TPSA) is 61.2 Å². The van der Waals surface area contributed by atoms with E-state index >= 15 is 0 Å². The molecule has 0 radical (unpaired) electrons. The van der Waals surface area contributed by atoms with Gasteiger partial charge in [0.25, 0.3) is 0 Å². The highest BCUT2D eigenvalue weighted by atomic mass is 32.2. The largest absolute Gasteiger partial charge is 0.270 e. The summed E-state index contributed by atoms with van der Waals surface area (Å²) in [5.74, 6) is 0.355. The van der Waals surface area contributed by atoms with E-state index in [4.69, 9.17) is 5.26 Å². The van der Waals surface area contributed by atoms with Crippen LogP contribution >= 0.6 is 0 Å². The molecule has 1 unspecified atom stereocenters. The highest BCUT2D eigenvalue weighted by molar-refractivity contribution is 7.93. The van der Waals surface area contributed by atoms with Gasteiger partial charge in [-0.25, -0.2) is 8.42 Å². The Morgan fingerprint density at radius 2 is 2.00 bits per heavy atom. The summed E-state index contributed by atoms with van der Waals surface area (Å²) >= 11 is 0. The van der Waals surface area contributed by atoms with Crippen molar-refractivity contribution in [3.05, 3.63) is 29.8 Å². The lowest BCUT2D eigenvalue weighted by Crippen LogP contribution is -2.25. The van der Waals surface area contributed by atoms with Gasteiger partial charge < -0.3 is 0 Å². The van der Waals surface area contributed by atoms with Gasteiger partial charge in [-0.15, -0.1) is 0 Å². The van der Waals surface area contributed by atoms with E-state index in [-0.39, 0.29) is 11.7 Å². The highest BCUT2D eigenvalue weighted by Crippen LogP contribution is 2.26. The lowest BCUT2D eigenvalue weighted by molar-refractivity contribution is 0.598. The van der Waals surface area contributed by atoms with E-state index in [2.05, 4.69) is 0 Å². The summed E-state index contributed by atoms with van der Waals surface area (Å²) < 4.78 is 25.0. The van der Waals surface area contributed by atoms with E-state index < -0.39 is 10.0 Å². The number of sulfonamides is 1. The van der Waals surface area contributed by atoms with Crippen molar-refractivity contribution in [1.29, 1.82) is 5.26 Å². The molecule has 5 heteroatoms. The first kappa shape index (κ1) is 11.0. The zero-order valence-corrected chi connectivity index (χ0v) is 9.74. The molecule has 0 amide bonds. The van der Waals surface area contributed by atoms with Crippen molar-refractivity contribution in [3.8, 4) is 6.07 Å². The van der Waals surface area contributed by atoms with Gasteiger partial charge in [-0.2, -0.15) is 5.26 Å². The molecule has 1 saturated heterocycles. The van der Waals surface area contributed by atoms with Gasteiger partial charge in [0.2, 0.25) is 10.0 Å². The van der Waals surface area contributed by atoms with Crippen molar-refractivity contribution >= 4 is 15.7 Å². The zero-order chi connectivity index (χ0) is 11.8. The Labute approximate surface area is 95.2 Å². The van der Waals surface area contributed by atoms with Crippen LogP contribution in [0.3, 0.4) is 0 Å². The average molecular weight is 236 g/mol. The molecular formula is C11H12N2O2S. The molecule has 84 valence electrons. The molecule has 0 spiro atoms. The van der Waals surface area contributed by atoms with Crippen LogP contribution in [0.25, 0.3) is 0 Å². The Bertz CT molecular complexity index is 528. The summed E-state index contributed by atoms with van der Waals surface area (Å²) in [5, 5.41) is 8.66. The monoisotopic (exact) mass is 236 g/mol. The Kier molecular flexibility index (Phi) is 2.60. The molecule has 1 aliphatic rings. The smallest absolute Gasteiger partial charge is 0.235 e. The number of anilines is 1. The molecule has 0 saturated carbocycles. The summed E-state index contributed by atoms with van der Waals surface area (Å²) in [6.07, 6.45) is 0. The number of rotatable bonds is 1. The maximum absolute atomic E-state index is 11.8. The van der Waals surface area contributed by atoms with Crippen LogP contribution in [0.15, 0.2) is 24.3 Å². The van der Waals surface area contributed by atoms with Gasteiger partial charge in [0.05, 0.1) is 23.1 Å². The molecule has 0 aliphatic carbocycles. The third-order valence-corrected chi connectivity index (χ3v) is 4.61. The minimum Gasteiger partial charge on any atom is -0.270 e. The molecule has 2 rings (SSSR count). The van der Waals surface area contributed by atoms with Crippen LogP contribution in [0.4, 0.5) is 5.69 Å². The number of hydrogen-bond acceptors (Lipinski definition) is 3. The zero-order valence-electron chi connectivity index (χ0n) is 8.92. The maximum Gasteiger partial charge on any atom is 0.235 e. The molecule has 1 aromatic carbocycles. The molecule has 1 atom stereocenters. The van der Waals surface area contributed by atoms with Crippen molar-refractivity contribution in [2.45, 2.75) is 6.92 Å². The number of benzene rings is 1. The number of nitrogens with zero attached hydrogens (tertiary/aromatic N) is 2. The molecule has 1 aliphatic heterocycles. The van der Waals surface area contributed by atoms with Crippen molar-refractivity contribution in [3.63, 3.8) is 0 Å². The Morgan fingerprint density at radius 1 is 1.38 bits per heavy atom. The fourth-order valence-corrected chi connectivity index (χ4v) is 3.80.